The van der Waals surface area contributed by atoms with Crippen LogP contribution in [-0.2, 0) is 16.0 Å². The van der Waals surface area contributed by atoms with Gasteiger partial charge >= 0.3 is 24.8 Å². The summed E-state index contributed by atoms with van der Waals surface area (Å²) in [5, 5.41) is 12.4. The van der Waals surface area contributed by atoms with Crippen molar-refractivity contribution in [3.63, 3.8) is 0 Å². The maximum atomic E-state index is 13.5. The molecule has 1 atom stereocenters. The first-order valence-corrected chi connectivity index (χ1v) is 15.7. The Bertz CT molecular complexity index is 1130. The van der Waals surface area contributed by atoms with Crippen LogP contribution in [0.25, 0.3) is 11.1 Å². The number of rotatable bonds is 14. The van der Waals surface area contributed by atoms with E-state index in [2.05, 4.69) is 17.1 Å². The van der Waals surface area contributed by atoms with Crippen LogP contribution in [0.5, 0.6) is 0 Å². The first-order valence-electron chi connectivity index (χ1n) is 14.3. The van der Waals surface area contributed by atoms with Gasteiger partial charge in [0.05, 0.1) is 6.42 Å². The molecule has 0 heterocycles. The van der Waals surface area contributed by atoms with Crippen LogP contribution in [-0.4, -0.2) is 58.9 Å². The number of aryl methyl sites for hydroxylation is 1. The van der Waals surface area contributed by atoms with Gasteiger partial charge in [0.15, 0.2) is 0 Å². The summed E-state index contributed by atoms with van der Waals surface area (Å²) in [6.07, 6.45) is 10.8. The van der Waals surface area contributed by atoms with E-state index in [9.17, 15) is 19.5 Å². The minimum atomic E-state index is -1.04. The largest absolute Gasteiger partial charge is 1.00 e. The zero-order valence-corrected chi connectivity index (χ0v) is 25.5. The van der Waals surface area contributed by atoms with Gasteiger partial charge in [-0.05, 0) is 84.9 Å². The average Bonchev–Trinajstić information content (AvgIpc) is 2.93. The Balaban J connectivity index is 0.00000420. The van der Waals surface area contributed by atoms with Crippen molar-refractivity contribution in [1.82, 2.24) is 10.2 Å². The number of hydrogen-bond donors (Lipinski definition) is 2. The van der Waals surface area contributed by atoms with E-state index in [-0.39, 0.29) is 32.6 Å². The fourth-order valence-electron chi connectivity index (χ4n) is 5.36. The second-order valence-electron chi connectivity index (χ2n) is 10.7. The van der Waals surface area contributed by atoms with Gasteiger partial charge in [0.2, 0.25) is 5.91 Å². The maximum Gasteiger partial charge on any atom is 1.00 e. The number of carboxylic acids is 1. The molecule has 3 rings (SSSR count). The number of nitrogens with one attached hydrogen (secondary N) is 1. The first-order chi connectivity index (χ1) is 18.8. The predicted octanol–water partition coefficient (Wildman–Crippen LogP) is 3.47. The van der Waals surface area contributed by atoms with Gasteiger partial charge in [-0.15, -0.1) is 0 Å². The van der Waals surface area contributed by atoms with Gasteiger partial charge in [-0.2, -0.15) is 11.8 Å². The van der Waals surface area contributed by atoms with Crippen molar-refractivity contribution in [3.8, 4) is 11.1 Å². The van der Waals surface area contributed by atoms with Crippen LogP contribution in [0, 0.1) is 12.8 Å². The Morgan fingerprint density at radius 1 is 1.10 bits per heavy atom. The molecule has 8 heteroatoms. The molecule has 0 aromatic heterocycles. The summed E-state index contributed by atoms with van der Waals surface area (Å²) < 4.78 is 0. The van der Waals surface area contributed by atoms with Crippen LogP contribution in [0.3, 0.4) is 0 Å². The Morgan fingerprint density at radius 3 is 2.48 bits per heavy atom. The van der Waals surface area contributed by atoms with Crippen molar-refractivity contribution in [1.29, 1.82) is 0 Å². The molecule has 2 amide bonds. The molecule has 0 aliphatic heterocycles. The molecule has 1 aliphatic rings. The van der Waals surface area contributed by atoms with Gasteiger partial charge in [-0.25, -0.2) is 4.79 Å². The maximum absolute atomic E-state index is 13.5. The van der Waals surface area contributed by atoms with Crippen LogP contribution >= 0.6 is 11.8 Å². The predicted molar refractivity (Wildman–Crippen MR) is 161 cm³/mol. The summed E-state index contributed by atoms with van der Waals surface area (Å²) in [7, 11) is 0. The molecule has 0 spiro atoms. The number of aliphatic carboxylic acids is 1. The van der Waals surface area contributed by atoms with Crippen LogP contribution < -0.4 is 24.2 Å². The molecular weight excluding hydrogens is 515 g/mol. The Labute approximate surface area is 257 Å². The van der Waals surface area contributed by atoms with Crippen molar-refractivity contribution < 1.29 is 39.8 Å². The molecule has 0 bridgehead atoms. The molecule has 2 aromatic rings. The summed E-state index contributed by atoms with van der Waals surface area (Å²) in [6.45, 7) is 5.75. The minimum Gasteiger partial charge on any atom is -1.00 e. The van der Waals surface area contributed by atoms with E-state index < -0.39 is 17.9 Å². The van der Waals surface area contributed by atoms with Gasteiger partial charge < -0.3 is 16.7 Å². The van der Waals surface area contributed by atoms with Gasteiger partial charge in [-0.1, -0.05) is 62.9 Å². The van der Waals surface area contributed by atoms with Crippen molar-refractivity contribution in [2.75, 3.05) is 25.1 Å². The van der Waals surface area contributed by atoms with Gasteiger partial charge in [0.1, 0.15) is 6.04 Å². The number of hydrogen-bond acceptors (Lipinski definition) is 4. The molecule has 0 saturated heterocycles. The molecule has 6 nitrogen and oxygen atoms in total. The molecule has 214 valence electrons. The Hall–Kier alpha value is -2.20. The molecular formula is C32H45LiN2O4S. The second-order valence-corrected chi connectivity index (χ2v) is 11.7. The smallest absolute Gasteiger partial charge is 1.00 e. The molecule has 1 fully saturated rings. The van der Waals surface area contributed by atoms with E-state index in [1.807, 2.05) is 49.6 Å². The summed E-state index contributed by atoms with van der Waals surface area (Å²) in [4.78, 5) is 40.7. The van der Waals surface area contributed by atoms with Crippen molar-refractivity contribution in [2.45, 2.75) is 77.7 Å². The molecule has 1 unspecified atom stereocenters. The Morgan fingerprint density at radius 2 is 1.82 bits per heavy atom. The topological polar surface area (TPSA) is 86.7 Å². The van der Waals surface area contributed by atoms with Gasteiger partial charge in [0.25, 0.3) is 5.91 Å². The number of unbranched alkanes of at least 4 members (excludes halogenated alkanes) is 1. The van der Waals surface area contributed by atoms with E-state index in [0.29, 0.717) is 23.7 Å². The average molecular weight is 561 g/mol. The number of nitrogens with zero attached hydrogens (tertiary/aromatic N) is 1. The van der Waals surface area contributed by atoms with E-state index in [1.165, 1.54) is 32.1 Å². The summed E-state index contributed by atoms with van der Waals surface area (Å²) in [5.74, 6) is -0.103. The van der Waals surface area contributed by atoms with Gasteiger partial charge in [-0.3, -0.25) is 9.59 Å². The summed E-state index contributed by atoms with van der Waals surface area (Å²) in [6, 6.07) is 12.4. The number of thioether (sulfide) groups is 1. The third kappa shape index (κ3) is 10.0. The minimum absolute atomic E-state index is 0. The number of carboxylic acid groups (broad SMARTS) is 1. The Kier molecular flexibility index (Phi) is 14.9. The summed E-state index contributed by atoms with van der Waals surface area (Å²) >= 11 is 1.55. The normalized spacial score (nSPS) is 14.2. The van der Waals surface area contributed by atoms with Crippen molar-refractivity contribution in [3.05, 3.63) is 59.2 Å². The molecule has 2 aromatic carbocycles. The molecule has 2 N–H and O–H groups in total. The van der Waals surface area contributed by atoms with Crippen molar-refractivity contribution >= 4 is 29.5 Å². The molecule has 0 radical (unpaired) electrons. The fourth-order valence-corrected chi connectivity index (χ4v) is 5.83. The summed E-state index contributed by atoms with van der Waals surface area (Å²) in [5.41, 5.74) is 3.90. The van der Waals surface area contributed by atoms with Gasteiger partial charge in [0, 0.05) is 18.7 Å². The quantitative estimate of drug-likeness (QED) is 0.346. The second kappa shape index (κ2) is 17.6. The number of carbonyl (C=O) groups is 3. The van der Waals surface area contributed by atoms with Crippen LogP contribution in [0.4, 0.5) is 0 Å². The SMILES string of the molecule is CCCCN(CC1CCCCC1)C(=O)Cc1ccc(C(=O)NC(CCSC)C(=O)O)c(-c2ccccc2C)c1.[H-].[Li+]. The standard InChI is InChI=1S/C32H44N2O4S.Li.H/c1-4-5-18-34(22-24-12-7-6-8-13-24)30(35)21-25-15-16-27(28(20-25)26-14-10-9-11-23(26)2)31(36)33-29(32(37)38)17-19-39-3;;/h9-11,14-16,20,24,29H,4-8,12-13,17-19,21-22H2,1-3H3,(H,33,36)(H,37,38);;/q;+1;-1. The number of benzene rings is 2. The zero-order valence-electron chi connectivity index (χ0n) is 25.7. The monoisotopic (exact) mass is 560 g/mol. The van der Waals surface area contributed by atoms with Crippen LogP contribution in [0.2, 0.25) is 0 Å². The fraction of sp³-hybridized carbons (Fsp3) is 0.531. The zero-order chi connectivity index (χ0) is 28.2. The molecule has 1 aliphatic carbocycles. The van der Waals surface area contributed by atoms with Crippen LogP contribution in [0.15, 0.2) is 42.5 Å². The number of carbonyl (C=O) groups excluding carboxylic acids is 2. The van der Waals surface area contributed by atoms with Crippen LogP contribution in [0.1, 0.15) is 81.2 Å². The molecule has 40 heavy (non-hydrogen) atoms. The third-order valence-corrected chi connectivity index (χ3v) is 8.31. The van der Waals surface area contributed by atoms with E-state index >= 15 is 0 Å². The molecule has 1 saturated carbocycles. The van der Waals surface area contributed by atoms with E-state index in [4.69, 9.17) is 0 Å². The number of amides is 2. The van der Waals surface area contributed by atoms with E-state index in [0.717, 1.165) is 48.2 Å². The first kappa shape index (κ1) is 34.0. The van der Waals surface area contributed by atoms with Crippen molar-refractivity contribution in [2.24, 2.45) is 5.92 Å². The van der Waals surface area contributed by atoms with E-state index in [1.54, 1.807) is 17.8 Å². The third-order valence-electron chi connectivity index (χ3n) is 7.67.